The third kappa shape index (κ3) is 3.66. The Morgan fingerprint density at radius 2 is 1.76 bits per heavy atom. The maximum atomic E-state index is 2.68. The van der Waals surface area contributed by atoms with Crippen molar-refractivity contribution in [2.45, 2.75) is 52.9 Å². The average molecular weight is 356 g/mol. The summed E-state index contributed by atoms with van der Waals surface area (Å²) in [7, 11) is -1.19. The Morgan fingerprint density at radius 1 is 1.08 bits per heavy atom. The van der Waals surface area contributed by atoms with Crippen molar-refractivity contribution in [2.75, 3.05) is 13.1 Å². The van der Waals surface area contributed by atoms with E-state index < -0.39 is 10.2 Å². The summed E-state index contributed by atoms with van der Waals surface area (Å²) in [5.41, 5.74) is 2.98. The molecule has 1 nitrogen and oxygen atoms in total. The molecular weight excluding hydrogens is 322 g/mol. The van der Waals surface area contributed by atoms with Crippen LogP contribution in [0.4, 0.5) is 0 Å². The third-order valence-electron chi connectivity index (χ3n) is 5.67. The molecule has 1 saturated carbocycles. The second-order valence-corrected chi connectivity index (χ2v) is 9.87. The Morgan fingerprint density at radius 3 is 2.36 bits per heavy atom. The van der Waals surface area contributed by atoms with E-state index in [0.29, 0.717) is 0 Å². The number of rotatable bonds is 6. The first-order valence-electron chi connectivity index (χ1n) is 9.95. The van der Waals surface area contributed by atoms with E-state index in [1.807, 2.05) is 0 Å². The molecule has 2 heteroatoms. The zero-order valence-corrected chi connectivity index (χ0v) is 16.9. The van der Waals surface area contributed by atoms with Crippen LogP contribution < -0.4 is 0 Å². The van der Waals surface area contributed by atoms with Crippen LogP contribution in [0.3, 0.4) is 0 Å². The van der Waals surface area contributed by atoms with Gasteiger partial charge in [0, 0.05) is 18.0 Å². The van der Waals surface area contributed by atoms with Gasteiger partial charge in [-0.1, -0.05) is 75.6 Å². The molecule has 1 aliphatic heterocycles. The lowest BCUT2D eigenvalue weighted by molar-refractivity contribution is 0.409. The molecule has 136 valence electrons. The van der Waals surface area contributed by atoms with Crippen LogP contribution in [0.15, 0.2) is 58.9 Å². The van der Waals surface area contributed by atoms with Crippen LogP contribution in [-0.2, 0) is 0 Å². The molecule has 0 amide bonds. The first kappa shape index (κ1) is 18.5. The molecule has 3 rings (SSSR count). The fourth-order valence-electron chi connectivity index (χ4n) is 4.37. The van der Waals surface area contributed by atoms with Gasteiger partial charge < -0.3 is 0 Å². The first-order valence-corrected chi connectivity index (χ1v) is 11.7. The minimum absolute atomic E-state index is 0.781. The molecular formula is C23H33NS. The van der Waals surface area contributed by atoms with Crippen LogP contribution in [0.2, 0.25) is 0 Å². The molecule has 1 aromatic carbocycles. The lowest BCUT2D eigenvalue weighted by atomic mass is 9.84. The Bertz CT molecular complexity index is 648. The summed E-state index contributed by atoms with van der Waals surface area (Å²) in [5, 5.41) is 5.21. The van der Waals surface area contributed by atoms with Crippen molar-refractivity contribution in [1.82, 2.24) is 4.31 Å². The molecule has 1 aromatic rings. The standard InChI is InChI=1S/C23H33NS/c1-4-23(21-15-11-8-12-16-21)25(24(5-2)6-3)18-17-22(19-25)20-13-9-7-10-14-20/h4,8,11-12,15-20H,5-7,9-10,13-14H2,1-3H3. The van der Waals surface area contributed by atoms with Gasteiger partial charge in [0.05, 0.1) is 0 Å². The Balaban J connectivity index is 2.03. The Kier molecular flexibility index (Phi) is 6.24. The van der Waals surface area contributed by atoms with Gasteiger partial charge in [-0.3, -0.25) is 4.31 Å². The van der Waals surface area contributed by atoms with E-state index >= 15 is 0 Å². The molecule has 1 fully saturated rings. The lowest BCUT2D eigenvalue weighted by Gasteiger charge is -2.45. The van der Waals surface area contributed by atoms with Crippen LogP contribution in [-0.4, -0.2) is 17.4 Å². The molecule has 0 aromatic heterocycles. The maximum absolute atomic E-state index is 2.68. The minimum Gasteiger partial charge on any atom is -0.258 e. The fourth-order valence-corrected chi connectivity index (χ4v) is 8.12. The van der Waals surface area contributed by atoms with Gasteiger partial charge >= 0.3 is 0 Å². The fraction of sp³-hybridized carbons (Fsp3) is 0.478. The van der Waals surface area contributed by atoms with E-state index in [1.54, 1.807) is 5.57 Å². The zero-order chi connectivity index (χ0) is 17.7. The molecule has 1 aliphatic carbocycles. The smallest absolute Gasteiger partial charge is 0.0129 e. The molecule has 0 radical (unpaired) electrons. The summed E-state index contributed by atoms with van der Waals surface area (Å²) in [6.07, 6.45) is 11.8. The van der Waals surface area contributed by atoms with Crippen molar-refractivity contribution in [3.8, 4) is 0 Å². The molecule has 0 N–H and O–H groups in total. The largest absolute Gasteiger partial charge is 0.258 e. The van der Waals surface area contributed by atoms with Crippen molar-refractivity contribution in [2.24, 2.45) is 5.92 Å². The molecule has 0 spiro atoms. The lowest BCUT2D eigenvalue weighted by Crippen LogP contribution is -2.25. The molecule has 1 unspecified atom stereocenters. The SMILES string of the molecule is CC=C(c1ccccc1)S1(N(CC)CC)C=CC(C2CCCCC2)=C1. The minimum atomic E-state index is -1.19. The number of benzene rings is 1. The van der Waals surface area contributed by atoms with Gasteiger partial charge in [-0.25, -0.2) is 0 Å². The highest BCUT2D eigenvalue weighted by molar-refractivity contribution is 8.43. The molecule has 1 heterocycles. The van der Waals surface area contributed by atoms with Gasteiger partial charge in [0.15, 0.2) is 0 Å². The molecule has 0 bridgehead atoms. The van der Waals surface area contributed by atoms with Gasteiger partial charge in [0.2, 0.25) is 0 Å². The van der Waals surface area contributed by atoms with E-state index in [4.69, 9.17) is 0 Å². The third-order valence-corrected chi connectivity index (χ3v) is 9.40. The van der Waals surface area contributed by atoms with Crippen LogP contribution in [0.1, 0.15) is 58.4 Å². The summed E-state index contributed by atoms with van der Waals surface area (Å²) in [6.45, 7) is 9.00. The van der Waals surface area contributed by atoms with Crippen LogP contribution in [0, 0.1) is 5.92 Å². The normalized spacial score (nSPS) is 27.4. The highest BCUT2D eigenvalue weighted by Gasteiger charge is 2.34. The van der Waals surface area contributed by atoms with Gasteiger partial charge in [0.1, 0.15) is 0 Å². The topological polar surface area (TPSA) is 3.24 Å². The van der Waals surface area contributed by atoms with E-state index in [9.17, 15) is 0 Å². The van der Waals surface area contributed by atoms with Crippen molar-refractivity contribution < 1.29 is 0 Å². The second kappa shape index (κ2) is 8.42. The van der Waals surface area contributed by atoms with Crippen molar-refractivity contribution in [3.63, 3.8) is 0 Å². The number of nitrogens with zero attached hydrogens (tertiary/aromatic N) is 1. The predicted molar refractivity (Wildman–Crippen MR) is 114 cm³/mol. The molecule has 1 atom stereocenters. The number of hydrogen-bond donors (Lipinski definition) is 0. The van der Waals surface area contributed by atoms with Crippen LogP contribution in [0.25, 0.3) is 4.91 Å². The first-order chi connectivity index (χ1) is 12.2. The van der Waals surface area contributed by atoms with Crippen LogP contribution >= 0.6 is 10.2 Å². The number of allylic oxidation sites excluding steroid dienone is 3. The van der Waals surface area contributed by atoms with Crippen molar-refractivity contribution in [1.29, 1.82) is 0 Å². The summed E-state index contributed by atoms with van der Waals surface area (Å²) in [6, 6.07) is 11.0. The van der Waals surface area contributed by atoms with Gasteiger partial charge in [-0.15, -0.1) is 10.2 Å². The Hall–Kier alpha value is -1.25. The quantitative estimate of drug-likeness (QED) is 0.526. The molecule has 2 aliphatic rings. The predicted octanol–water partition coefficient (Wildman–Crippen LogP) is 7.10. The van der Waals surface area contributed by atoms with E-state index in [1.165, 1.54) is 42.6 Å². The molecule has 25 heavy (non-hydrogen) atoms. The highest BCUT2D eigenvalue weighted by atomic mass is 32.3. The summed E-state index contributed by atoms with van der Waals surface area (Å²) in [5.74, 6) is 0.781. The highest BCUT2D eigenvalue weighted by Crippen LogP contribution is 2.68. The van der Waals surface area contributed by atoms with E-state index in [-0.39, 0.29) is 0 Å². The summed E-state index contributed by atoms with van der Waals surface area (Å²) < 4.78 is 2.68. The van der Waals surface area contributed by atoms with Crippen LogP contribution in [0.5, 0.6) is 0 Å². The molecule has 0 saturated heterocycles. The van der Waals surface area contributed by atoms with Crippen molar-refractivity contribution in [3.05, 3.63) is 64.4 Å². The van der Waals surface area contributed by atoms with Crippen molar-refractivity contribution >= 4 is 15.1 Å². The summed E-state index contributed by atoms with van der Waals surface area (Å²) >= 11 is 0. The maximum Gasteiger partial charge on any atom is 0.0129 e. The monoisotopic (exact) mass is 355 g/mol. The average Bonchev–Trinajstić information content (AvgIpc) is 3.11. The summed E-state index contributed by atoms with van der Waals surface area (Å²) in [4.78, 5) is 1.50. The van der Waals surface area contributed by atoms with Gasteiger partial charge in [0.25, 0.3) is 0 Å². The second-order valence-electron chi connectivity index (χ2n) is 7.06. The van der Waals surface area contributed by atoms with Gasteiger partial charge in [-0.05, 0) is 47.6 Å². The van der Waals surface area contributed by atoms with Gasteiger partial charge in [-0.2, -0.15) is 0 Å². The van der Waals surface area contributed by atoms with E-state index in [0.717, 1.165) is 19.0 Å². The Labute approximate surface area is 156 Å². The number of hydrogen-bond acceptors (Lipinski definition) is 1. The zero-order valence-electron chi connectivity index (χ0n) is 16.1. The van der Waals surface area contributed by atoms with E-state index in [2.05, 4.69) is 78.4 Å².